The molecule has 0 saturated heterocycles. The van der Waals surface area contributed by atoms with Crippen LogP contribution in [0, 0.1) is 0 Å². The number of allylic oxidation sites excluding steroid dienone is 8. The number of fused-ring (bicyclic) bond motifs is 2. The van der Waals surface area contributed by atoms with Crippen molar-refractivity contribution in [3.63, 3.8) is 0 Å². The van der Waals surface area contributed by atoms with Crippen LogP contribution in [-0.2, 0) is 31.1 Å². The highest BCUT2D eigenvalue weighted by molar-refractivity contribution is 7.86. The smallest absolute Gasteiger partial charge is 0.335 e. The minimum atomic E-state index is -4.19. The number of aromatic nitrogens is 1. The van der Waals surface area contributed by atoms with Gasteiger partial charge in [-0.1, -0.05) is 38.2 Å². The molecule has 55 heavy (non-hydrogen) atoms. The SMILES string of the molecule is CC1(C)C(=CC=CC(=CC=CC2=[N+](CCCS(=O)(=O)O)c3ccc(C(=O)O)cc3C2(C)C)c2ccncc2)N(CCCS(=O)(=O)O)c2ccc(C(=O)O)cc21. The van der Waals surface area contributed by atoms with Gasteiger partial charge in [0.2, 0.25) is 5.69 Å². The first-order valence-corrected chi connectivity index (χ1v) is 20.7. The molecule has 15 heteroatoms. The molecule has 0 fully saturated rings. The molecule has 0 saturated carbocycles. The van der Waals surface area contributed by atoms with Gasteiger partial charge in [0, 0.05) is 59.9 Å². The summed E-state index contributed by atoms with van der Waals surface area (Å²) in [4.78, 5) is 29.8. The lowest BCUT2D eigenvalue weighted by molar-refractivity contribution is -0.437. The molecule has 3 aromatic rings. The lowest BCUT2D eigenvalue weighted by Gasteiger charge is -2.27. The van der Waals surface area contributed by atoms with E-state index in [4.69, 9.17) is 0 Å². The predicted molar refractivity (Wildman–Crippen MR) is 211 cm³/mol. The minimum Gasteiger partial charge on any atom is -0.478 e. The second-order valence-corrected chi connectivity index (χ2v) is 17.6. The average molecular weight is 791 g/mol. The number of hydrogen-bond acceptors (Lipinski definition) is 8. The van der Waals surface area contributed by atoms with E-state index >= 15 is 0 Å². The molecule has 0 spiro atoms. The van der Waals surface area contributed by atoms with Crippen molar-refractivity contribution < 1.29 is 50.3 Å². The summed E-state index contributed by atoms with van der Waals surface area (Å²) in [5.74, 6) is -3.00. The van der Waals surface area contributed by atoms with Crippen molar-refractivity contribution in [1.82, 2.24) is 4.98 Å². The van der Waals surface area contributed by atoms with Crippen molar-refractivity contribution in [2.24, 2.45) is 0 Å². The largest absolute Gasteiger partial charge is 0.478 e. The first-order valence-electron chi connectivity index (χ1n) is 17.5. The highest BCUT2D eigenvalue weighted by atomic mass is 32.2. The Kier molecular flexibility index (Phi) is 11.8. The van der Waals surface area contributed by atoms with E-state index in [1.54, 1.807) is 36.7 Å². The van der Waals surface area contributed by atoms with Crippen molar-refractivity contribution in [3.8, 4) is 0 Å². The third-order valence-electron chi connectivity index (χ3n) is 9.92. The van der Waals surface area contributed by atoms with Gasteiger partial charge in [-0.25, -0.2) is 9.59 Å². The highest BCUT2D eigenvalue weighted by Crippen LogP contribution is 2.48. The summed E-state index contributed by atoms with van der Waals surface area (Å²) in [5.41, 5.74) is 5.16. The molecule has 5 rings (SSSR count). The summed E-state index contributed by atoms with van der Waals surface area (Å²) in [6, 6.07) is 13.4. The number of carbonyl (C=O) groups is 2. The topological polar surface area (TPSA) is 202 Å². The summed E-state index contributed by atoms with van der Waals surface area (Å²) in [6.45, 7) is 8.35. The van der Waals surface area contributed by atoms with Gasteiger partial charge in [-0.05, 0) is 85.5 Å². The van der Waals surface area contributed by atoms with Crippen molar-refractivity contribution in [1.29, 1.82) is 0 Å². The van der Waals surface area contributed by atoms with E-state index in [9.17, 15) is 45.7 Å². The number of nitrogens with zero attached hydrogens (tertiary/aromatic N) is 3. The summed E-state index contributed by atoms with van der Waals surface area (Å²) in [5, 5.41) is 19.4. The van der Waals surface area contributed by atoms with Crippen LogP contribution in [0.4, 0.5) is 11.4 Å². The van der Waals surface area contributed by atoms with E-state index in [-0.39, 0.29) is 37.1 Å². The molecule has 4 N–H and O–H groups in total. The van der Waals surface area contributed by atoms with E-state index in [1.807, 2.05) is 85.8 Å². The van der Waals surface area contributed by atoms with Crippen LogP contribution in [0.15, 0.2) is 103 Å². The lowest BCUT2D eigenvalue weighted by atomic mass is 9.80. The Morgan fingerprint density at radius 2 is 1.38 bits per heavy atom. The maximum atomic E-state index is 11.8. The minimum absolute atomic E-state index is 0.127. The van der Waals surface area contributed by atoms with Gasteiger partial charge in [0.15, 0.2) is 5.71 Å². The van der Waals surface area contributed by atoms with Gasteiger partial charge >= 0.3 is 11.9 Å². The molecule has 0 unspecified atom stereocenters. The average Bonchev–Trinajstić information content (AvgIpc) is 3.44. The standard InChI is InChI=1S/C40H43N3O10S2/c1-39(2)31-25-29(37(44)45)13-15-33(31)42(21-7-23-54(48,49)50)35(39)11-5-9-27(28-17-19-41-20-18-28)10-6-12-36-40(3,4)32-26-30(38(46)47)14-16-34(32)43(36)22-8-24-55(51,52)53/h5-6,9-20,25-26H,7-8,21-24H2,1-4H3,(H3-,44,45,46,47,48,49,50,51,52,53)/p+1. The van der Waals surface area contributed by atoms with Gasteiger partial charge in [0.1, 0.15) is 6.54 Å². The number of carboxylic acid groups (broad SMARTS) is 2. The van der Waals surface area contributed by atoms with Crippen LogP contribution < -0.4 is 4.90 Å². The van der Waals surface area contributed by atoms with E-state index in [0.29, 0.717) is 0 Å². The number of aromatic carboxylic acids is 2. The van der Waals surface area contributed by atoms with Gasteiger partial charge in [-0.2, -0.15) is 21.4 Å². The summed E-state index contributed by atoms with van der Waals surface area (Å²) in [6.07, 6.45) is 14.9. The Labute approximate surface area is 320 Å². The first-order chi connectivity index (χ1) is 25.7. The van der Waals surface area contributed by atoms with Crippen molar-refractivity contribution in [3.05, 3.63) is 131 Å². The number of hydrogen-bond donors (Lipinski definition) is 4. The third kappa shape index (κ3) is 9.36. The van der Waals surface area contributed by atoms with E-state index in [1.165, 1.54) is 12.1 Å². The molecule has 2 aliphatic rings. The molecule has 13 nitrogen and oxygen atoms in total. The van der Waals surface area contributed by atoms with Crippen LogP contribution in [0.2, 0.25) is 0 Å². The zero-order valence-electron chi connectivity index (χ0n) is 30.9. The Hall–Kier alpha value is -5.22. The van der Waals surface area contributed by atoms with Crippen LogP contribution in [0.25, 0.3) is 5.57 Å². The number of rotatable bonds is 15. The van der Waals surface area contributed by atoms with Crippen LogP contribution in [0.5, 0.6) is 0 Å². The van der Waals surface area contributed by atoms with Crippen LogP contribution in [0.1, 0.15) is 77.9 Å². The van der Waals surface area contributed by atoms with Crippen molar-refractivity contribution in [2.45, 2.75) is 51.4 Å². The Morgan fingerprint density at radius 3 is 2.00 bits per heavy atom. The van der Waals surface area contributed by atoms with Gasteiger partial charge in [-0.3, -0.25) is 14.1 Å². The maximum Gasteiger partial charge on any atom is 0.335 e. The fourth-order valence-electron chi connectivity index (χ4n) is 7.19. The molecule has 2 aliphatic heterocycles. The predicted octanol–water partition coefficient (Wildman–Crippen LogP) is 6.29. The molecule has 1 aromatic heterocycles. The van der Waals surface area contributed by atoms with Gasteiger partial charge in [0.25, 0.3) is 20.2 Å². The van der Waals surface area contributed by atoms with Crippen LogP contribution in [-0.4, -0.2) is 88.0 Å². The van der Waals surface area contributed by atoms with Crippen LogP contribution in [0.3, 0.4) is 0 Å². The Balaban J connectivity index is 1.54. The molecule has 0 bridgehead atoms. The molecular weight excluding hydrogens is 747 g/mol. The zero-order valence-corrected chi connectivity index (χ0v) is 32.5. The van der Waals surface area contributed by atoms with E-state index in [2.05, 4.69) is 4.98 Å². The summed E-state index contributed by atoms with van der Waals surface area (Å²) in [7, 11) is -8.39. The summed E-state index contributed by atoms with van der Waals surface area (Å²) < 4.78 is 66.8. The quantitative estimate of drug-likeness (QED) is 0.0763. The Morgan fingerprint density at radius 1 is 0.782 bits per heavy atom. The molecule has 0 atom stereocenters. The van der Waals surface area contributed by atoms with Crippen molar-refractivity contribution in [2.75, 3.05) is 29.5 Å². The normalized spacial score (nSPS) is 17.4. The monoisotopic (exact) mass is 790 g/mol. The van der Waals surface area contributed by atoms with Gasteiger partial charge in [0.05, 0.1) is 28.0 Å². The highest BCUT2D eigenvalue weighted by Gasteiger charge is 2.45. The molecule has 3 heterocycles. The Bertz CT molecular complexity index is 2390. The molecular formula is C40H44N3O10S2+. The van der Waals surface area contributed by atoms with Crippen LogP contribution >= 0.6 is 0 Å². The molecule has 2 aromatic carbocycles. The maximum absolute atomic E-state index is 11.8. The first kappa shape index (κ1) is 41.0. The number of pyridine rings is 1. The zero-order chi connectivity index (χ0) is 40.3. The van der Waals surface area contributed by atoms with E-state index in [0.717, 1.165) is 45.0 Å². The molecule has 0 amide bonds. The molecule has 0 aliphatic carbocycles. The van der Waals surface area contributed by atoms with Gasteiger partial charge < -0.3 is 15.1 Å². The fraction of sp³-hybridized carbons (Fsp3) is 0.300. The van der Waals surface area contributed by atoms with E-state index < -0.39 is 54.5 Å². The van der Waals surface area contributed by atoms with Crippen molar-refractivity contribution >= 4 is 54.8 Å². The molecule has 0 radical (unpaired) electrons. The third-order valence-corrected chi connectivity index (χ3v) is 11.5. The number of benzene rings is 2. The second kappa shape index (κ2) is 15.9. The molecule has 290 valence electrons. The number of carboxylic acids is 2. The van der Waals surface area contributed by atoms with Gasteiger partial charge in [-0.15, -0.1) is 0 Å². The fourth-order valence-corrected chi connectivity index (χ4v) is 8.17. The number of anilines is 1. The second-order valence-electron chi connectivity index (χ2n) is 14.4. The lowest BCUT2D eigenvalue weighted by Crippen LogP contribution is -2.28. The summed E-state index contributed by atoms with van der Waals surface area (Å²) >= 11 is 0.